The quantitative estimate of drug-likeness (QED) is 0.744. The lowest BCUT2D eigenvalue weighted by Gasteiger charge is -2.11. The van der Waals surface area contributed by atoms with Gasteiger partial charge in [0.1, 0.15) is 0 Å². The second-order valence-corrected chi connectivity index (χ2v) is 3.47. The van der Waals surface area contributed by atoms with Crippen molar-refractivity contribution in [3.05, 3.63) is 35.9 Å². The number of hydrogen-bond donors (Lipinski definition) is 0. The second-order valence-electron chi connectivity index (χ2n) is 3.47. The summed E-state index contributed by atoms with van der Waals surface area (Å²) >= 11 is 0. The highest BCUT2D eigenvalue weighted by molar-refractivity contribution is 5.92. The van der Waals surface area contributed by atoms with Crippen LogP contribution in [0.15, 0.2) is 30.3 Å². The molecule has 0 saturated heterocycles. The molecule has 2 rings (SSSR count). The lowest BCUT2D eigenvalue weighted by Crippen LogP contribution is -1.92. The van der Waals surface area contributed by atoms with Crippen molar-refractivity contribution in [1.29, 1.82) is 0 Å². The summed E-state index contributed by atoms with van der Waals surface area (Å²) in [5, 5.41) is 2.30. The van der Waals surface area contributed by atoms with Crippen LogP contribution in [0.3, 0.4) is 0 Å². The summed E-state index contributed by atoms with van der Waals surface area (Å²) in [6, 6.07) is 10.2. The molecule has 0 aliphatic heterocycles. The molecule has 2 aromatic rings. The monoisotopic (exact) mass is 202 g/mol. The molecule has 0 amide bonds. The van der Waals surface area contributed by atoms with Gasteiger partial charge in [0.05, 0.1) is 14.2 Å². The Morgan fingerprint density at radius 3 is 2.33 bits per heavy atom. The standard InChI is InChI=1S/C13H14O2/c1-9-5-4-6-11-10(9)7-8-12(14-2)13(11)15-3/h4-8H,1-3H3. The highest BCUT2D eigenvalue weighted by atomic mass is 16.5. The Bertz CT molecular complexity index is 489. The number of aryl methyl sites for hydroxylation is 1. The maximum absolute atomic E-state index is 5.38. The van der Waals surface area contributed by atoms with Gasteiger partial charge in [0, 0.05) is 5.39 Å². The molecule has 0 spiro atoms. The molecular weight excluding hydrogens is 188 g/mol. The highest BCUT2D eigenvalue weighted by Crippen LogP contribution is 2.36. The normalized spacial score (nSPS) is 10.3. The first kappa shape index (κ1) is 9.84. The third-order valence-electron chi connectivity index (χ3n) is 2.62. The number of hydrogen-bond acceptors (Lipinski definition) is 2. The van der Waals surface area contributed by atoms with Gasteiger partial charge in [-0.25, -0.2) is 0 Å². The van der Waals surface area contributed by atoms with E-state index < -0.39 is 0 Å². The van der Waals surface area contributed by atoms with E-state index in [4.69, 9.17) is 9.47 Å². The molecule has 2 nitrogen and oxygen atoms in total. The molecule has 2 heteroatoms. The number of fused-ring (bicyclic) bond motifs is 1. The molecule has 0 heterocycles. The zero-order chi connectivity index (χ0) is 10.8. The predicted octanol–water partition coefficient (Wildman–Crippen LogP) is 3.17. The molecule has 15 heavy (non-hydrogen) atoms. The van der Waals surface area contributed by atoms with Gasteiger partial charge in [0.15, 0.2) is 11.5 Å². The van der Waals surface area contributed by atoms with Gasteiger partial charge in [-0.05, 0) is 23.9 Å². The molecule has 0 bridgehead atoms. The van der Waals surface area contributed by atoms with Crippen molar-refractivity contribution < 1.29 is 9.47 Å². The van der Waals surface area contributed by atoms with E-state index in [-0.39, 0.29) is 0 Å². The van der Waals surface area contributed by atoms with Crippen molar-refractivity contribution in [2.24, 2.45) is 0 Å². The average molecular weight is 202 g/mol. The summed E-state index contributed by atoms with van der Waals surface area (Å²) in [4.78, 5) is 0. The number of methoxy groups -OCH3 is 2. The summed E-state index contributed by atoms with van der Waals surface area (Å²) in [5.74, 6) is 1.58. The summed E-state index contributed by atoms with van der Waals surface area (Å²) in [7, 11) is 3.32. The van der Waals surface area contributed by atoms with E-state index in [1.54, 1.807) is 14.2 Å². The van der Waals surface area contributed by atoms with Crippen LogP contribution in [0.1, 0.15) is 5.56 Å². The molecule has 0 unspecified atom stereocenters. The van der Waals surface area contributed by atoms with Crippen LogP contribution in [0.5, 0.6) is 11.5 Å². The van der Waals surface area contributed by atoms with Gasteiger partial charge in [0.2, 0.25) is 0 Å². The molecule has 2 aromatic carbocycles. The summed E-state index contributed by atoms with van der Waals surface area (Å²) in [6.45, 7) is 2.09. The van der Waals surface area contributed by atoms with E-state index in [0.29, 0.717) is 0 Å². The van der Waals surface area contributed by atoms with E-state index in [9.17, 15) is 0 Å². The van der Waals surface area contributed by atoms with Crippen LogP contribution in [0.25, 0.3) is 10.8 Å². The molecule has 0 radical (unpaired) electrons. The Kier molecular flexibility index (Phi) is 2.50. The maximum atomic E-state index is 5.38. The van der Waals surface area contributed by atoms with Gasteiger partial charge in [0.25, 0.3) is 0 Å². The van der Waals surface area contributed by atoms with Gasteiger partial charge >= 0.3 is 0 Å². The fourth-order valence-corrected chi connectivity index (χ4v) is 1.84. The summed E-state index contributed by atoms with van der Waals surface area (Å²) in [5.41, 5.74) is 1.24. The third kappa shape index (κ3) is 1.52. The fraction of sp³-hybridized carbons (Fsp3) is 0.231. The summed E-state index contributed by atoms with van der Waals surface area (Å²) < 4.78 is 10.6. The lowest BCUT2D eigenvalue weighted by atomic mass is 10.0. The predicted molar refractivity (Wildman–Crippen MR) is 61.8 cm³/mol. The first-order valence-electron chi connectivity index (χ1n) is 4.88. The molecular formula is C13H14O2. The van der Waals surface area contributed by atoms with Crippen LogP contribution < -0.4 is 9.47 Å². The Morgan fingerprint density at radius 1 is 0.867 bits per heavy atom. The van der Waals surface area contributed by atoms with Crippen LogP contribution in [0.4, 0.5) is 0 Å². The van der Waals surface area contributed by atoms with Crippen molar-refractivity contribution >= 4 is 10.8 Å². The van der Waals surface area contributed by atoms with Crippen molar-refractivity contribution in [2.45, 2.75) is 6.92 Å². The van der Waals surface area contributed by atoms with Crippen LogP contribution in [0, 0.1) is 6.92 Å². The zero-order valence-corrected chi connectivity index (χ0v) is 9.20. The van der Waals surface area contributed by atoms with E-state index in [1.807, 2.05) is 18.2 Å². The van der Waals surface area contributed by atoms with Gasteiger partial charge < -0.3 is 9.47 Å². The van der Waals surface area contributed by atoms with Gasteiger partial charge in [-0.2, -0.15) is 0 Å². The molecule has 0 N–H and O–H groups in total. The minimum Gasteiger partial charge on any atom is -0.493 e. The van der Waals surface area contributed by atoms with Crippen LogP contribution >= 0.6 is 0 Å². The van der Waals surface area contributed by atoms with E-state index in [2.05, 4.69) is 19.1 Å². The molecule has 78 valence electrons. The Morgan fingerprint density at radius 2 is 1.67 bits per heavy atom. The van der Waals surface area contributed by atoms with Gasteiger partial charge in [-0.15, -0.1) is 0 Å². The molecule has 0 fully saturated rings. The SMILES string of the molecule is COc1ccc2c(C)cccc2c1OC. The van der Waals surface area contributed by atoms with Crippen molar-refractivity contribution in [3.63, 3.8) is 0 Å². The van der Waals surface area contributed by atoms with Crippen molar-refractivity contribution in [1.82, 2.24) is 0 Å². The van der Waals surface area contributed by atoms with Gasteiger partial charge in [-0.1, -0.05) is 24.3 Å². The average Bonchev–Trinajstić information content (AvgIpc) is 2.28. The smallest absolute Gasteiger partial charge is 0.168 e. The Balaban J connectivity index is 2.82. The summed E-state index contributed by atoms with van der Waals surface area (Å²) in [6.07, 6.45) is 0. The fourth-order valence-electron chi connectivity index (χ4n) is 1.84. The molecule has 0 saturated carbocycles. The first-order valence-corrected chi connectivity index (χ1v) is 4.88. The van der Waals surface area contributed by atoms with Crippen molar-refractivity contribution in [3.8, 4) is 11.5 Å². The first-order chi connectivity index (χ1) is 7.27. The largest absolute Gasteiger partial charge is 0.493 e. The van der Waals surface area contributed by atoms with E-state index in [0.717, 1.165) is 16.9 Å². The van der Waals surface area contributed by atoms with E-state index in [1.165, 1.54) is 10.9 Å². The molecule has 0 aliphatic carbocycles. The minimum absolute atomic E-state index is 0.774. The third-order valence-corrected chi connectivity index (χ3v) is 2.62. The number of rotatable bonds is 2. The molecule has 0 atom stereocenters. The van der Waals surface area contributed by atoms with E-state index >= 15 is 0 Å². The van der Waals surface area contributed by atoms with Crippen LogP contribution in [-0.2, 0) is 0 Å². The molecule has 0 aliphatic rings. The Labute approximate surface area is 89.4 Å². The zero-order valence-electron chi connectivity index (χ0n) is 9.20. The number of benzene rings is 2. The topological polar surface area (TPSA) is 18.5 Å². The highest BCUT2D eigenvalue weighted by Gasteiger charge is 2.08. The lowest BCUT2D eigenvalue weighted by molar-refractivity contribution is 0.358. The Hall–Kier alpha value is -1.70. The molecule has 0 aromatic heterocycles. The van der Waals surface area contributed by atoms with Gasteiger partial charge in [-0.3, -0.25) is 0 Å². The minimum atomic E-state index is 0.774. The maximum Gasteiger partial charge on any atom is 0.168 e. The second kappa shape index (κ2) is 3.81. The number of ether oxygens (including phenoxy) is 2. The van der Waals surface area contributed by atoms with Crippen LogP contribution in [-0.4, -0.2) is 14.2 Å². The van der Waals surface area contributed by atoms with Crippen molar-refractivity contribution in [2.75, 3.05) is 14.2 Å². The van der Waals surface area contributed by atoms with Crippen LogP contribution in [0.2, 0.25) is 0 Å².